The number of aliphatic hydroxyl groups excluding tert-OH is 1. The summed E-state index contributed by atoms with van der Waals surface area (Å²) in [5.74, 6) is 0.808. The zero-order valence-corrected chi connectivity index (χ0v) is 11.8. The highest BCUT2D eigenvalue weighted by atomic mass is 16.5. The van der Waals surface area contributed by atoms with Crippen molar-refractivity contribution in [3.63, 3.8) is 0 Å². The summed E-state index contributed by atoms with van der Waals surface area (Å²) in [5, 5.41) is 10.6. The van der Waals surface area contributed by atoms with Crippen molar-refractivity contribution < 1.29 is 9.84 Å². The first-order valence-corrected chi connectivity index (χ1v) is 7.65. The zero-order chi connectivity index (χ0) is 13.9. The van der Waals surface area contributed by atoms with Crippen LogP contribution in [0.3, 0.4) is 0 Å². The lowest BCUT2D eigenvalue weighted by Crippen LogP contribution is -2.52. The first-order valence-electron chi connectivity index (χ1n) is 7.65. The van der Waals surface area contributed by atoms with Crippen molar-refractivity contribution >= 4 is 0 Å². The van der Waals surface area contributed by atoms with Crippen LogP contribution in [0.4, 0.5) is 0 Å². The smallest absolute Gasteiger partial charge is 0.128 e. The first kappa shape index (κ1) is 13.9. The highest BCUT2D eigenvalue weighted by Crippen LogP contribution is 2.29. The van der Waals surface area contributed by atoms with E-state index in [1.165, 1.54) is 19.3 Å². The van der Waals surface area contributed by atoms with E-state index in [0.29, 0.717) is 0 Å². The predicted octanol–water partition coefficient (Wildman–Crippen LogP) is 1.38. The van der Waals surface area contributed by atoms with E-state index in [2.05, 4.69) is 4.90 Å². The molecule has 0 unspecified atom stereocenters. The minimum atomic E-state index is -0.497. The second kappa shape index (κ2) is 6.12. The zero-order valence-electron chi connectivity index (χ0n) is 11.8. The van der Waals surface area contributed by atoms with Crippen LogP contribution >= 0.6 is 0 Å². The molecular weight excluding hydrogens is 252 g/mol. The Kier molecular flexibility index (Phi) is 4.24. The Labute approximate surface area is 120 Å². The summed E-state index contributed by atoms with van der Waals surface area (Å²) < 4.78 is 5.92. The summed E-state index contributed by atoms with van der Waals surface area (Å²) in [5.41, 5.74) is 6.26. The summed E-state index contributed by atoms with van der Waals surface area (Å²) in [4.78, 5) is 2.35. The molecule has 0 radical (unpaired) electrons. The molecule has 0 amide bonds. The van der Waals surface area contributed by atoms with Gasteiger partial charge in [0, 0.05) is 12.5 Å². The Hall–Kier alpha value is -1.10. The molecule has 110 valence electrons. The Morgan fingerprint density at radius 1 is 1.10 bits per heavy atom. The molecule has 1 aliphatic carbocycles. The van der Waals surface area contributed by atoms with Crippen LogP contribution in [0.15, 0.2) is 30.3 Å². The van der Waals surface area contributed by atoms with E-state index in [1.54, 1.807) is 0 Å². The fourth-order valence-corrected chi connectivity index (χ4v) is 3.52. The number of para-hydroxylation sites is 1. The standard InChI is InChI=1S/C16H24N2O2/c17-13-11-14(20-12-7-3-1-4-8-12)16(19)15(13)18-9-5-2-6-10-18/h1,3-4,7-8,13-16,19H,2,5-6,9-11,17H2/t13-,14-,15+,16+/m1/s1. The quantitative estimate of drug-likeness (QED) is 0.875. The summed E-state index contributed by atoms with van der Waals surface area (Å²) in [6.07, 6.45) is 3.73. The minimum absolute atomic E-state index is 0.00295. The molecular formula is C16H24N2O2. The number of nitrogens with two attached hydrogens (primary N) is 1. The van der Waals surface area contributed by atoms with Gasteiger partial charge in [-0.3, -0.25) is 4.90 Å². The summed E-state index contributed by atoms with van der Waals surface area (Å²) >= 11 is 0. The maximum atomic E-state index is 10.6. The van der Waals surface area contributed by atoms with Crippen molar-refractivity contribution in [2.75, 3.05) is 13.1 Å². The van der Waals surface area contributed by atoms with Crippen molar-refractivity contribution in [2.45, 2.75) is 50.0 Å². The van der Waals surface area contributed by atoms with Gasteiger partial charge < -0.3 is 15.6 Å². The topological polar surface area (TPSA) is 58.7 Å². The maximum Gasteiger partial charge on any atom is 0.128 e. The number of nitrogens with zero attached hydrogens (tertiary/aromatic N) is 1. The van der Waals surface area contributed by atoms with E-state index >= 15 is 0 Å². The van der Waals surface area contributed by atoms with Gasteiger partial charge in [-0.25, -0.2) is 0 Å². The molecule has 4 atom stereocenters. The van der Waals surface area contributed by atoms with Gasteiger partial charge >= 0.3 is 0 Å². The number of ether oxygens (including phenoxy) is 1. The van der Waals surface area contributed by atoms with E-state index in [9.17, 15) is 5.11 Å². The largest absolute Gasteiger partial charge is 0.488 e. The van der Waals surface area contributed by atoms with Crippen LogP contribution in [-0.2, 0) is 0 Å². The van der Waals surface area contributed by atoms with Gasteiger partial charge in [0.05, 0.1) is 6.04 Å². The lowest BCUT2D eigenvalue weighted by molar-refractivity contribution is 0.00293. The number of piperidine rings is 1. The monoisotopic (exact) mass is 276 g/mol. The fraction of sp³-hybridized carbons (Fsp3) is 0.625. The van der Waals surface area contributed by atoms with Gasteiger partial charge in [0.2, 0.25) is 0 Å². The van der Waals surface area contributed by atoms with Gasteiger partial charge in [-0.15, -0.1) is 0 Å². The van der Waals surface area contributed by atoms with Crippen LogP contribution in [0, 0.1) is 0 Å². The third-order valence-electron chi connectivity index (χ3n) is 4.52. The second-order valence-electron chi connectivity index (χ2n) is 5.95. The van der Waals surface area contributed by atoms with Crippen LogP contribution in [-0.4, -0.2) is 47.4 Å². The number of aliphatic hydroxyl groups is 1. The van der Waals surface area contributed by atoms with E-state index in [4.69, 9.17) is 10.5 Å². The molecule has 0 aromatic heterocycles. The van der Waals surface area contributed by atoms with Crippen molar-refractivity contribution in [3.05, 3.63) is 30.3 Å². The van der Waals surface area contributed by atoms with Gasteiger partial charge in [-0.1, -0.05) is 24.6 Å². The molecule has 1 aromatic carbocycles. The lowest BCUT2D eigenvalue weighted by atomic mass is 10.0. The minimum Gasteiger partial charge on any atom is -0.488 e. The molecule has 4 heteroatoms. The van der Waals surface area contributed by atoms with E-state index in [1.807, 2.05) is 30.3 Å². The van der Waals surface area contributed by atoms with Crippen LogP contribution in [0.1, 0.15) is 25.7 Å². The third kappa shape index (κ3) is 2.82. The van der Waals surface area contributed by atoms with E-state index in [0.717, 1.165) is 25.3 Å². The predicted molar refractivity (Wildman–Crippen MR) is 78.7 cm³/mol. The van der Waals surface area contributed by atoms with Crippen molar-refractivity contribution in [1.29, 1.82) is 0 Å². The number of hydrogen-bond acceptors (Lipinski definition) is 4. The molecule has 1 saturated heterocycles. The summed E-state index contributed by atoms with van der Waals surface area (Å²) in [7, 11) is 0. The van der Waals surface area contributed by atoms with E-state index in [-0.39, 0.29) is 18.2 Å². The highest BCUT2D eigenvalue weighted by molar-refractivity contribution is 5.22. The number of rotatable bonds is 3. The molecule has 0 bridgehead atoms. The van der Waals surface area contributed by atoms with Crippen LogP contribution < -0.4 is 10.5 Å². The maximum absolute atomic E-state index is 10.6. The van der Waals surface area contributed by atoms with Crippen molar-refractivity contribution in [3.8, 4) is 5.75 Å². The number of benzene rings is 1. The molecule has 2 aliphatic rings. The molecule has 20 heavy (non-hydrogen) atoms. The first-order chi connectivity index (χ1) is 9.75. The third-order valence-corrected chi connectivity index (χ3v) is 4.52. The summed E-state index contributed by atoms with van der Waals surface area (Å²) in [6.45, 7) is 2.10. The summed E-state index contributed by atoms with van der Waals surface area (Å²) in [6, 6.07) is 9.73. The van der Waals surface area contributed by atoms with Gasteiger partial charge in [0.25, 0.3) is 0 Å². The molecule has 1 aliphatic heterocycles. The van der Waals surface area contributed by atoms with Gasteiger partial charge in [0.1, 0.15) is 18.0 Å². The fourth-order valence-electron chi connectivity index (χ4n) is 3.52. The van der Waals surface area contributed by atoms with Crippen molar-refractivity contribution in [2.24, 2.45) is 5.73 Å². The molecule has 4 nitrogen and oxygen atoms in total. The van der Waals surface area contributed by atoms with Gasteiger partial charge in [-0.05, 0) is 38.1 Å². The molecule has 1 heterocycles. The molecule has 1 aromatic rings. The second-order valence-corrected chi connectivity index (χ2v) is 5.95. The highest BCUT2D eigenvalue weighted by Gasteiger charge is 2.45. The Morgan fingerprint density at radius 2 is 1.80 bits per heavy atom. The molecule has 3 rings (SSSR count). The van der Waals surface area contributed by atoms with Gasteiger partial charge in [-0.2, -0.15) is 0 Å². The van der Waals surface area contributed by atoms with Gasteiger partial charge in [0.15, 0.2) is 0 Å². The van der Waals surface area contributed by atoms with Crippen LogP contribution in [0.25, 0.3) is 0 Å². The Bertz CT molecular complexity index is 420. The molecule has 0 spiro atoms. The average Bonchev–Trinajstić information content (AvgIpc) is 2.75. The number of hydrogen-bond donors (Lipinski definition) is 2. The SMILES string of the molecule is N[C@@H]1C[C@@H](Oc2ccccc2)[C@H](O)[C@H]1N1CCCCC1. The number of likely N-dealkylation sites (tertiary alicyclic amines) is 1. The lowest BCUT2D eigenvalue weighted by Gasteiger charge is -2.36. The van der Waals surface area contributed by atoms with Crippen LogP contribution in [0.5, 0.6) is 5.75 Å². The van der Waals surface area contributed by atoms with Crippen LogP contribution in [0.2, 0.25) is 0 Å². The van der Waals surface area contributed by atoms with E-state index < -0.39 is 6.10 Å². The molecule has 1 saturated carbocycles. The molecule has 2 fully saturated rings. The molecule has 3 N–H and O–H groups in total. The normalized spacial score (nSPS) is 35.1. The Morgan fingerprint density at radius 3 is 2.50 bits per heavy atom. The average molecular weight is 276 g/mol. The Balaban J connectivity index is 1.66. The van der Waals surface area contributed by atoms with Crippen molar-refractivity contribution in [1.82, 2.24) is 4.90 Å².